The molecule has 0 fully saturated rings. The van der Waals surface area contributed by atoms with Crippen molar-refractivity contribution in [2.24, 2.45) is 0 Å². The van der Waals surface area contributed by atoms with Gasteiger partial charge in [-0.1, -0.05) is 18.2 Å². The molecule has 0 spiro atoms. The van der Waals surface area contributed by atoms with Crippen LogP contribution in [0.3, 0.4) is 0 Å². The summed E-state index contributed by atoms with van der Waals surface area (Å²) in [6, 6.07) is 6.88. The lowest BCUT2D eigenvalue weighted by molar-refractivity contribution is 0.112. The van der Waals surface area contributed by atoms with E-state index in [0.717, 1.165) is 11.8 Å². The molecule has 1 N–H and O–H groups in total. The van der Waals surface area contributed by atoms with Crippen LogP contribution in [-0.4, -0.2) is 11.4 Å². The molecule has 10 heavy (non-hydrogen) atoms. The van der Waals surface area contributed by atoms with Crippen LogP contribution in [-0.2, 0) is 6.61 Å². The lowest BCUT2D eigenvalue weighted by Gasteiger charge is -1.94. The highest BCUT2D eigenvalue weighted by molar-refractivity contribution is 5.74. The molecule has 1 rings (SSSR count). The Morgan fingerprint density at radius 1 is 1.50 bits per heavy atom. The Morgan fingerprint density at radius 2 is 2.30 bits per heavy atom. The fraction of sp³-hybridized carbons (Fsp3) is 0.125. The maximum atomic E-state index is 10.2. The Morgan fingerprint density at radius 3 is 2.90 bits per heavy atom. The monoisotopic (exact) mass is 136 g/mol. The van der Waals surface area contributed by atoms with E-state index in [-0.39, 0.29) is 6.61 Å². The second-order valence-electron chi connectivity index (χ2n) is 2.02. The molecule has 0 amide bonds. The van der Waals surface area contributed by atoms with Gasteiger partial charge in [0.15, 0.2) is 0 Å². The number of aliphatic hydroxyl groups is 1. The molecule has 0 saturated carbocycles. The molecule has 0 saturated heterocycles. The summed E-state index contributed by atoms with van der Waals surface area (Å²) < 4.78 is 0. The zero-order valence-corrected chi connectivity index (χ0v) is 5.45. The first-order valence-electron chi connectivity index (χ1n) is 3.02. The van der Waals surface area contributed by atoms with Gasteiger partial charge in [0.2, 0.25) is 0 Å². The van der Waals surface area contributed by atoms with Crippen LogP contribution in [0.1, 0.15) is 15.9 Å². The molecule has 0 aliphatic carbocycles. The van der Waals surface area contributed by atoms with E-state index in [0.29, 0.717) is 5.56 Å². The highest BCUT2D eigenvalue weighted by Crippen LogP contribution is 2.01. The predicted molar refractivity (Wildman–Crippen MR) is 37.8 cm³/mol. The Bertz CT molecular complexity index is 230. The Balaban J connectivity index is 2.98. The number of hydrogen-bond donors (Lipinski definition) is 1. The number of carbonyl (C=O) groups is 1. The second-order valence-corrected chi connectivity index (χ2v) is 2.02. The molecule has 0 aliphatic rings. The predicted octanol–water partition coefficient (Wildman–Crippen LogP) is 0.991. The Kier molecular flexibility index (Phi) is 2.18. The Hall–Kier alpha value is -1.15. The van der Waals surface area contributed by atoms with E-state index in [1.54, 1.807) is 24.3 Å². The van der Waals surface area contributed by atoms with Gasteiger partial charge in [0.25, 0.3) is 0 Å². The molecule has 0 aromatic heterocycles. The molecule has 0 radical (unpaired) electrons. The number of aliphatic hydroxyl groups excluding tert-OH is 1. The summed E-state index contributed by atoms with van der Waals surface area (Å²) in [5.41, 5.74) is 1.37. The van der Waals surface area contributed by atoms with Gasteiger partial charge < -0.3 is 5.11 Å². The van der Waals surface area contributed by atoms with Crippen molar-refractivity contribution in [2.75, 3.05) is 0 Å². The van der Waals surface area contributed by atoms with Crippen molar-refractivity contribution in [3.63, 3.8) is 0 Å². The standard InChI is InChI=1S/C8H8O2/c9-5-7-2-1-3-8(4-7)6-10/h1-5,10H,6H2. The third-order valence-corrected chi connectivity index (χ3v) is 1.27. The van der Waals surface area contributed by atoms with Gasteiger partial charge >= 0.3 is 0 Å². The zero-order chi connectivity index (χ0) is 7.40. The summed E-state index contributed by atoms with van der Waals surface area (Å²) in [4.78, 5) is 10.2. The van der Waals surface area contributed by atoms with Crippen molar-refractivity contribution in [3.8, 4) is 0 Å². The van der Waals surface area contributed by atoms with Crippen molar-refractivity contribution < 1.29 is 9.90 Å². The largest absolute Gasteiger partial charge is 0.392 e. The van der Waals surface area contributed by atoms with Crippen LogP contribution in [0.15, 0.2) is 24.3 Å². The van der Waals surface area contributed by atoms with Crippen LogP contribution in [0.25, 0.3) is 0 Å². The van der Waals surface area contributed by atoms with E-state index in [1.807, 2.05) is 0 Å². The summed E-state index contributed by atoms with van der Waals surface area (Å²) in [7, 11) is 0. The summed E-state index contributed by atoms with van der Waals surface area (Å²) >= 11 is 0. The van der Waals surface area contributed by atoms with Gasteiger partial charge in [-0.25, -0.2) is 0 Å². The minimum Gasteiger partial charge on any atom is -0.392 e. The van der Waals surface area contributed by atoms with Crippen LogP contribution in [0.2, 0.25) is 0 Å². The summed E-state index contributed by atoms with van der Waals surface area (Å²) in [6.45, 7) is -0.0122. The fourth-order valence-corrected chi connectivity index (χ4v) is 0.765. The molecule has 0 aliphatic heterocycles. The number of hydrogen-bond acceptors (Lipinski definition) is 2. The van der Waals surface area contributed by atoms with Crippen molar-refractivity contribution in [1.29, 1.82) is 0 Å². The molecular weight excluding hydrogens is 128 g/mol. The van der Waals surface area contributed by atoms with Gasteiger partial charge in [0.1, 0.15) is 6.29 Å². The van der Waals surface area contributed by atoms with Gasteiger partial charge in [0.05, 0.1) is 6.61 Å². The average Bonchev–Trinajstić information content (AvgIpc) is 2.05. The minimum absolute atomic E-state index is 0.0122. The van der Waals surface area contributed by atoms with E-state index in [1.165, 1.54) is 0 Å². The van der Waals surface area contributed by atoms with Crippen LogP contribution >= 0.6 is 0 Å². The van der Waals surface area contributed by atoms with Crippen molar-refractivity contribution in [1.82, 2.24) is 0 Å². The summed E-state index contributed by atoms with van der Waals surface area (Å²) in [5, 5.41) is 8.64. The Labute approximate surface area is 59.1 Å². The highest BCUT2D eigenvalue weighted by Gasteiger charge is 1.90. The van der Waals surface area contributed by atoms with Crippen molar-refractivity contribution in [3.05, 3.63) is 35.4 Å². The molecular formula is C8H8O2. The maximum Gasteiger partial charge on any atom is 0.150 e. The molecule has 1 aromatic rings. The molecule has 0 heterocycles. The topological polar surface area (TPSA) is 37.3 Å². The SMILES string of the molecule is O=Cc1cccc(CO)c1. The number of rotatable bonds is 2. The van der Waals surface area contributed by atoms with Gasteiger partial charge in [-0.05, 0) is 11.6 Å². The van der Waals surface area contributed by atoms with E-state index in [4.69, 9.17) is 5.11 Å². The summed E-state index contributed by atoms with van der Waals surface area (Å²) in [5.74, 6) is 0. The van der Waals surface area contributed by atoms with Crippen molar-refractivity contribution in [2.45, 2.75) is 6.61 Å². The smallest absolute Gasteiger partial charge is 0.150 e. The molecule has 52 valence electrons. The third kappa shape index (κ3) is 1.42. The highest BCUT2D eigenvalue weighted by atomic mass is 16.3. The van der Waals surface area contributed by atoms with E-state index < -0.39 is 0 Å². The first-order chi connectivity index (χ1) is 4.86. The third-order valence-electron chi connectivity index (χ3n) is 1.27. The molecule has 1 aromatic carbocycles. The second kappa shape index (κ2) is 3.13. The number of aldehydes is 1. The quantitative estimate of drug-likeness (QED) is 0.615. The first kappa shape index (κ1) is 6.96. The van der Waals surface area contributed by atoms with Crippen molar-refractivity contribution >= 4 is 6.29 Å². The van der Waals surface area contributed by atoms with Gasteiger partial charge in [-0.3, -0.25) is 4.79 Å². The molecule has 2 nitrogen and oxygen atoms in total. The lowest BCUT2D eigenvalue weighted by Crippen LogP contribution is -1.84. The van der Waals surface area contributed by atoms with Gasteiger partial charge in [0, 0.05) is 5.56 Å². The first-order valence-corrected chi connectivity index (χ1v) is 3.02. The minimum atomic E-state index is -0.0122. The van der Waals surface area contributed by atoms with Crippen LogP contribution < -0.4 is 0 Å². The number of carbonyl (C=O) groups excluding carboxylic acids is 1. The van der Waals surface area contributed by atoms with Crippen LogP contribution in [0, 0.1) is 0 Å². The molecule has 2 heteroatoms. The molecule has 0 atom stereocenters. The van der Waals surface area contributed by atoms with Crippen LogP contribution in [0.5, 0.6) is 0 Å². The maximum absolute atomic E-state index is 10.2. The number of benzene rings is 1. The van der Waals surface area contributed by atoms with E-state index in [2.05, 4.69) is 0 Å². The lowest BCUT2D eigenvalue weighted by atomic mass is 10.1. The van der Waals surface area contributed by atoms with Gasteiger partial charge in [-0.15, -0.1) is 0 Å². The normalized spacial score (nSPS) is 9.30. The van der Waals surface area contributed by atoms with Gasteiger partial charge in [-0.2, -0.15) is 0 Å². The average molecular weight is 136 g/mol. The van der Waals surface area contributed by atoms with Crippen LogP contribution in [0.4, 0.5) is 0 Å². The molecule has 0 bridgehead atoms. The van der Waals surface area contributed by atoms with E-state index in [9.17, 15) is 4.79 Å². The van der Waals surface area contributed by atoms with E-state index >= 15 is 0 Å². The zero-order valence-electron chi connectivity index (χ0n) is 5.45. The fourth-order valence-electron chi connectivity index (χ4n) is 0.765. The summed E-state index contributed by atoms with van der Waals surface area (Å²) in [6.07, 6.45) is 0.763. The molecule has 0 unspecified atom stereocenters.